The number of anilines is 3. The van der Waals surface area contributed by atoms with Gasteiger partial charge in [-0.05, 0) is 37.8 Å². The van der Waals surface area contributed by atoms with Crippen molar-refractivity contribution in [2.24, 2.45) is 0 Å². The van der Waals surface area contributed by atoms with Crippen molar-refractivity contribution in [2.45, 2.75) is 25.2 Å². The lowest BCUT2D eigenvalue weighted by Gasteiger charge is -2.12. The quantitative estimate of drug-likeness (QED) is 0.785. The van der Waals surface area contributed by atoms with E-state index in [2.05, 4.69) is 45.9 Å². The largest absolute Gasteiger partial charge is 0.370 e. The van der Waals surface area contributed by atoms with Crippen LogP contribution in [0.4, 0.5) is 17.3 Å². The van der Waals surface area contributed by atoms with Crippen LogP contribution in [0.15, 0.2) is 35.5 Å². The molecule has 0 aliphatic carbocycles. The molecule has 5 heteroatoms. The van der Waals surface area contributed by atoms with E-state index >= 15 is 0 Å². The Morgan fingerprint density at radius 1 is 1.20 bits per heavy atom. The van der Waals surface area contributed by atoms with Gasteiger partial charge in [-0.2, -0.15) is 0 Å². The van der Waals surface area contributed by atoms with Crippen LogP contribution < -0.4 is 10.6 Å². The molecular formula is C15H20N4S. The number of benzene rings is 1. The lowest BCUT2D eigenvalue weighted by molar-refractivity contribution is 0.960. The number of hydrogen-bond donors (Lipinski definition) is 2. The van der Waals surface area contributed by atoms with E-state index in [0.717, 1.165) is 35.9 Å². The predicted octanol–water partition coefficient (Wildman–Crippen LogP) is 4.07. The van der Waals surface area contributed by atoms with Crippen molar-refractivity contribution in [1.29, 1.82) is 0 Å². The Morgan fingerprint density at radius 3 is 2.75 bits per heavy atom. The number of nitrogens with zero attached hydrogens (tertiary/aromatic N) is 2. The second kappa shape index (κ2) is 7.14. The molecule has 0 spiro atoms. The molecule has 2 rings (SSSR count). The molecule has 0 bridgehead atoms. The molecule has 0 radical (unpaired) electrons. The van der Waals surface area contributed by atoms with E-state index < -0.39 is 0 Å². The van der Waals surface area contributed by atoms with Gasteiger partial charge in [0.25, 0.3) is 0 Å². The summed E-state index contributed by atoms with van der Waals surface area (Å²) in [4.78, 5) is 9.84. The monoisotopic (exact) mass is 288 g/mol. The molecule has 1 aromatic carbocycles. The van der Waals surface area contributed by atoms with Crippen LogP contribution >= 0.6 is 11.8 Å². The summed E-state index contributed by atoms with van der Waals surface area (Å²) in [7, 11) is 0. The first-order chi connectivity index (χ1) is 9.74. The lowest BCUT2D eigenvalue weighted by atomic mass is 10.2. The molecular weight excluding hydrogens is 268 g/mol. The molecule has 20 heavy (non-hydrogen) atoms. The smallest absolute Gasteiger partial charge is 0.138 e. The van der Waals surface area contributed by atoms with Gasteiger partial charge in [-0.15, -0.1) is 11.8 Å². The fourth-order valence-corrected chi connectivity index (χ4v) is 2.29. The van der Waals surface area contributed by atoms with Gasteiger partial charge in [0.15, 0.2) is 0 Å². The van der Waals surface area contributed by atoms with E-state index in [9.17, 15) is 0 Å². The van der Waals surface area contributed by atoms with Gasteiger partial charge in [0.2, 0.25) is 0 Å². The fraction of sp³-hybridized carbons (Fsp3) is 0.333. The molecule has 0 aliphatic heterocycles. The van der Waals surface area contributed by atoms with Crippen molar-refractivity contribution in [3.63, 3.8) is 0 Å². The zero-order valence-corrected chi connectivity index (χ0v) is 12.9. The average molecular weight is 288 g/mol. The zero-order chi connectivity index (χ0) is 14.4. The van der Waals surface area contributed by atoms with Gasteiger partial charge in [-0.25, -0.2) is 9.97 Å². The Labute approximate surface area is 124 Å². The van der Waals surface area contributed by atoms with Crippen LogP contribution in [0.3, 0.4) is 0 Å². The molecule has 4 nitrogen and oxygen atoms in total. The van der Waals surface area contributed by atoms with Gasteiger partial charge in [0, 0.05) is 22.7 Å². The fourth-order valence-electron chi connectivity index (χ4n) is 1.84. The first kappa shape index (κ1) is 14.7. The molecule has 0 amide bonds. The number of nitrogens with one attached hydrogen (secondary N) is 2. The second-order valence-electron chi connectivity index (χ2n) is 4.48. The third-order valence-corrected chi connectivity index (χ3v) is 3.68. The molecule has 1 aromatic heterocycles. The molecule has 2 N–H and O–H groups in total. The topological polar surface area (TPSA) is 49.8 Å². The zero-order valence-electron chi connectivity index (χ0n) is 12.1. The maximum atomic E-state index is 4.33. The van der Waals surface area contributed by atoms with E-state index in [4.69, 9.17) is 0 Å². The molecule has 106 valence electrons. The maximum Gasteiger partial charge on any atom is 0.138 e. The van der Waals surface area contributed by atoms with E-state index in [1.807, 2.05) is 19.1 Å². The van der Waals surface area contributed by atoms with Crippen LogP contribution in [0.1, 0.15) is 18.9 Å². The highest BCUT2D eigenvalue weighted by atomic mass is 32.2. The van der Waals surface area contributed by atoms with Gasteiger partial charge in [0.1, 0.15) is 18.0 Å². The summed E-state index contributed by atoms with van der Waals surface area (Å²) in [5, 5.41) is 6.68. The van der Waals surface area contributed by atoms with Crippen molar-refractivity contribution in [1.82, 2.24) is 9.97 Å². The van der Waals surface area contributed by atoms with Crippen LogP contribution in [-0.2, 0) is 0 Å². The summed E-state index contributed by atoms with van der Waals surface area (Å²) in [6, 6.07) is 8.30. The number of aromatic nitrogens is 2. The third-order valence-electron chi connectivity index (χ3n) is 2.96. The van der Waals surface area contributed by atoms with Crippen molar-refractivity contribution < 1.29 is 0 Å². The highest BCUT2D eigenvalue weighted by Gasteiger charge is 2.06. The molecule has 0 saturated carbocycles. The van der Waals surface area contributed by atoms with Gasteiger partial charge >= 0.3 is 0 Å². The third kappa shape index (κ3) is 3.63. The van der Waals surface area contributed by atoms with E-state index in [1.165, 1.54) is 4.90 Å². The highest BCUT2D eigenvalue weighted by molar-refractivity contribution is 7.98. The Balaban J connectivity index is 2.20. The first-order valence-electron chi connectivity index (χ1n) is 6.71. The average Bonchev–Trinajstić information content (AvgIpc) is 2.48. The van der Waals surface area contributed by atoms with Crippen molar-refractivity contribution >= 4 is 29.1 Å². The van der Waals surface area contributed by atoms with Crippen LogP contribution in [0.2, 0.25) is 0 Å². The molecule has 0 unspecified atom stereocenters. The van der Waals surface area contributed by atoms with Crippen LogP contribution in [0, 0.1) is 6.92 Å². The van der Waals surface area contributed by atoms with E-state index in [1.54, 1.807) is 18.1 Å². The summed E-state index contributed by atoms with van der Waals surface area (Å²) < 4.78 is 0. The molecule has 0 saturated heterocycles. The van der Waals surface area contributed by atoms with Crippen molar-refractivity contribution in [2.75, 3.05) is 23.4 Å². The number of rotatable bonds is 6. The van der Waals surface area contributed by atoms with Gasteiger partial charge < -0.3 is 10.6 Å². The molecule has 0 atom stereocenters. The highest BCUT2D eigenvalue weighted by Crippen LogP contribution is 2.25. The summed E-state index contributed by atoms with van der Waals surface area (Å²) in [5.41, 5.74) is 2.08. The van der Waals surface area contributed by atoms with Crippen molar-refractivity contribution in [3.05, 3.63) is 36.2 Å². The van der Waals surface area contributed by atoms with E-state index in [-0.39, 0.29) is 0 Å². The lowest BCUT2D eigenvalue weighted by Crippen LogP contribution is -2.06. The van der Waals surface area contributed by atoms with E-state index in [0.29, 0.717) is 0 Å². The Bertz CT molecular complexity index is 572. The minimum absolute atomic E-state index is 0.844. The summed E-state index contributed by atoms with van der Waals surface area (Å²) in [6.45, 7) is 5.08. The predicted molar refractivity (Wildman–Crippen MR) is 87.1 cm³/mol. The molecule has 2 aromatic rings. The Morgan fingerprint density at radius 2 is 2.00 bits per heavy atom. The Kier molecular flexibility index (Phi) is 5.24. The summed E-state index contributed by atoms with van der Waals surface area (Å²) in [6.07, 6.45) is 4.73. The molecule has 0 fully saturated rings. The number of hydrogen-bond acceptors (Lipinski definition) is 5. The summed E-state index contributed by atoms with van der Waals surface area (Å²) in [5.74, 6) is 1.74. The van der Waals surface area contributed by atoms with Crippen molar-refractivity contribution in [3.8, 4) is 0 Å². The number of thioether (sulfide) groups is 1. The SMILES string of the molecule is CCCNc1ncnc(Nc2cccc(SC)c2)c1C. The first-order valence-corrected chi connectivity index (χ1v) is 7.93. The van der Waals surface area contributed by atoms with Crippen LogP contribution in [0.25, 0.3) is 0 Å². The van der Waals surface area contributed by atoms with Crippen LogP contribution in [-0.4, -0.2) is 22.8 Å². The molecule has 0 aliphatic rings. The Hall–Kier alpha value is -1.75. The van der Waals surface area contributed by atoms with Gasteiger partial charge in [-0.1, -0.05) is 13.0 Å². The second-order valence-corrected chi connectivity index (χ2v) is 5.36. The minimum atomic E-state index is 0.844. The summed E-state index contributed by atoms with van der Waals surface area (Å²) >= 11 is 1.73. The van der Waals surface area contributed by atoms with Gasteiger partial charge in [-0.3, -0.25) is 0 Å². The normalized spacial score (nSPS) is 10.3. The van der Waals surface area contributed by atoms with Crippen LogP contribution in [0.5, 0.6) is 0 Å². The molecule has 1 heterocycles. The minimum Gasteiger partial charge on any atom is -0.370 e. The van der Waals surface area contributed by atoms with Gasteiger partial charge in [0.05, 0.1) is 0 Å². The standard InChI is InChI=1S/C15H20N4S/c1-4-8-16-14-11(2)15(18-10-17-14)19-12-6-5-7-13(9-12)20-3/h5-7,9-10H,4,8H2,1-3H3,(H2,16,17,18,19). The maximum absolute atomic E-state index is 4.33.